The minimum absolute atomic E-state index is 0.115. The quantitative estimate of drug-likeness (QED) is 0.651. The summed E-state index contributed by atoms with van der Waals surface area (Å²) in [4.78, 5) is 33.9. The molecule has 0 fully saturated rings. The molecule has 0 bridgehead atoms. The number of carbonyl (C=O) groups is 2. The summed E-state index contributed by atoms with van der Waals surface area (Å²) in [5.41, 5.74) is 0.190. The third kappa shape index (κ3) is 4.11. The lowest BCUT2D eigenvalue weighted by Gasteiger charge is -2.06. The van der Waals surface area contributed by atoms with Gasteiger partial charge in [-0.3, -0.25) is 19.7 Å². The van der Waals surface area contributed by atoms with Gasteiger partial charge in [0.1, 0.15) is 0 Å². The van der Waals surface area contributed by atoms with Crippen molar-refractivity contribution in [1.82, 2.24) is 5.32 Å². The number of benzene rings is 1. The van der Waals surface area contributed by atoms with Gasteiger partial charge in [-0.15, -0.1) is 11.3 Å². The molecule has 0 saturated heterocycles. The van der Waals surface area contributed by atoms with Gasteiger partial charge in [0.15, 0.2) is 0 Å². The first-order chi connectivity index (χ1) is 10.1. The van der Waals surface area contributed by atoms with Crippen LogP contribution in [0.3, 0.4) is 0 Å². The molecule has 108 valence electrons. The highest BCUT2D eigenvalue weighted by Gasteiger charge is 2.10. The SMILES string of the molecule is O=C(CNC(=O)c1cccs1)Nc1cccc([N+](=O)[O-])c1. The minimum Gasteiger partial charge on any atom is -0.342 e. The summed E-state index contributed by atoms with van der Waals surface area (Å²) in [6, 6.07) is 8.97. The van der Waals surface area contributed by atoms with Gasteiger partial charge >= 0.3 is 0 Å². The Labute approximate surface area is 123 Å². The Morgan fingerprint density at radius 3 is 2.71 bits per heavy atom. The first kappa shape index (κ1) is 14.7. The highest BCUT2D eigenvalue weighted by molar-refractivity contribution is 7.12. The lowest BCUT2D eigenvalue weighted by atomic mass is 10.3. The van der Waals surface area contributed by atoms with E-state index in [1.165, 1.54) is 35.6 Å². The lowest BCUT2D eigenvalue weighted by molar-refractivity contribution is -0.384. The molecular weight excluding hydrogens is 294 g/mol. The zero-order valence-electron chi connectivity index (χ0n) is 10.7. The molecular formula is C13H11N3O4S. The lowest BCUT2D eigenvalue weighted by Crippen LogP contribution is -2.32. The Hall–Kier alpha value is -2.74. The maximum Gasteiger partial charge on any atom is 0.271 e. The Morgan fingerprint density at radius 1 is 1.24 bits per heavy atom. The van der Waals surface area contributed by atoms with Crippen LogP contribution >= 0.6 is 11.3 Å². The van der Waals surface area contributed by atoms with Crippen molar-refractivity contribution in [3.05, 3.63) is 56.8 Å². The van der Waals surface area contributed by atoms with E-state index < -0.39 is 10.8 Å². The monoisotopic (exact) mass is 305 g/mol. The summed E-state index contributed by atoms with van der Waals surface area (Å²) in [5.74, 6) is -0.792. The van der Waals surface area contributed by atoms with Crippen molar-refractivity contribution in [2.75, 3.05) is 11.9 Å². The van der Waals surface area contributed by atoms with E-state index in [0.29, 0.717) is 10.6 Å². The average molecular weight is 305 g/mol. The van der Waals surface area contributed by atoms with Gasteiger partial charge in [0.2, 0.25) is 5.91 Å². The van der Waals surface area contributed by atoms with Gasteiger partial charge in [0.05, 0.1) is 16.3 Å². The van der Waals surface area contributed by atoms with E-state index in [4.69, 9.17) is 0 Å². The van der Waals surface area contributed by atoms with Crippen LogP contribution in [0.4, 0.5) is 11.4 Å². The molecule has 1 heterocycles. The van der Waals surface area contributed by atoms with Crippen LogP contribution in [0.15, 0.2) is 41.8 Å². The maximum atomic E-state index is 11.7. The third-order valence-corrected chi connectivity index (χ3v) is 3.36. The molecule has 0 aliphatic carbocycles. The van der Waals surface area contributed by atoms with Crippen molar-refractivity contribution in [1.29, 1.82) is 0 Å². The fourth-order valence-corrected chi connectivity index (χ4v) is 2.20. The van der Waals surface area contributed by atoms with Crippen LogP contribution < -0.4 is 10.6 Å². The van der Waals surface area contributed by atoms with Gasteiger partial charge in [0, 0.05) is 17.8 Å². The van der Waals surface area contributed by atoms with Crippen LogP contribution in [0.1, 0.15) is 9.67 Å². The Balaban J connectivity index is 1.89. The molecule has 2 amide bonds. The third-order valence-electron chi connectivity index (χ3n) is 2.50. The smallest absolute Gasteiger partial charge is 0.271 e. The number of thiophene rings is 1. The van der Waals surface area contributed by atoms with E-state index >= 15 is 0 Å². The number of rotatable bonds is 5. The minimum atomic E-state index is -0.547. The highest BCUT2D eigenvalue weighted by atomic mass is 32.1. The molecule has 7 nitrogen and oxygen atoms in total. The predicted molar refractivity (Wildman–Crippen MR) is 78.4 cm³/mol. The molecule has 1 aromatic carbocycles. The molecule has 0 atom stereocenters. The zero-order valence-corrected chi connectivity index (χ0v) is 11.6. The number of hydrogen-bond donors (Lipinski definition) is 2. The Bertz CT molecular complexity index is 670. The van der Waals surface area contributed by atoms with Gasteiger partial charge in [-0.25, -0.2) is 0 Å². The summed E-state index contributed by atoms with van der Waals surface area (Å²) in [6.45, 7) is -0.209. The second kappa shape index (κ2) is 6.62. The number of non-ortho nitro benzene ring substituents is 1. The number of hydrogen-bond acceptors (Lipinski definition) is 5. The highest BCUT2D eigenvalue weighted by Crippen LogP contribution is 2.16. The van der Waals surface area contributed by atoms with Crippen LogP contribution in [0, 0.1) is 10.1 Å². The van der Waals surface area contributed by atoms with Crippen LogP contribution in [0.5, 0.6) is 0 Å². The van der Waals surface area contributed by atoms with Crippen molar-refractivity contribution < 1.29 is 14.5 Å². The molecule has 0 radical (unpaired) electrons. The maximum absolute atomic E-state index is 11.7. The van der Waals surface area contributed by atoms with Crippen LogP contribution in [0.25, 0.3) is 0 Å². The van der Waals surface area contributed by atoms with Gasteiger partial charge in [0.25, 0.3) is 11.6 Å². The normalized spacial score (nSPS) is 9.90. The molecule has 0 unspecified atom stereocenters. The van der Waals surface area contributed by atoms with Gasteiger partial charge in [-0.2, -0.15) is 0 Å². The summed E-state index contributed by atoms with van der Waals surface area (Å²) < 4.78 is 0. The van der Waals surface area contributed by atoms with Gasteiger partial charge in [-0.1, -0.05) is 12.1 Å². The molecule has 21 heavy (non-hydrogen) atoms. The van der Waals surface area contributed by atoms with Crippen molar-refractivity contribution in [3.8, 4) is 0 Å². The molecule has 0 aliphatic rings. The number of amides is 2. The fourth-order valence-electron chi connectivity index (χ4n) is 1.56. The number of anilines is 1. The van der Waals surface area contributed by atoms with E-state index in [1.54, 1.807) is 17.5 Å². The molecule has 0 saturated carbocycles. The molecule has 8 heteroatoms. The topological polar surface area (TPSA) is 101 Å². The van der Waals surface area contributed by atoms with Gasteiger partial charge in [-0.05, 0) is 17.5 Å². The second-order valence-electron chi connectivity index (χ2n) is 4.02. The molecule has 2 rings (SSSR count). The number of nitrogens with zero attached hydrogens (tertiary/aromatic N) is 1. The van der Waals surface area contributed by atoms with E-state index in [-0.39, 0.29) is 18.1 Å². The van der Waals surface area contributed by atoms with E-state index in [2.05, 4.69) is 10.6 Å². The van der Waals surface area contributed by atoms with E-state index in [9.17, 15) is 19.7 Å². The van der Waals surface area contributed by atoms with Crippen molar-refractivity contribution >= 4 is 34.5 Å². The number of nitrogens with one attached hydrogen (secondary N) is 2. The fraction of sp³-hybridized carbons (Fsp3) is 0.0769. The second-order valence-corrected chi connectivity index (χ2v) is 4.96. The first-order valence-electron chi connectivity index (χ1n) is 5.92. The zero-order chi connectivity index (χ0) is 15.2. The molecule has 1 aromatic heterocycles. The van der Waals surface area contributed by atoms with Crippen LogP contribution in [-0.4, -0.2) is 23.3 Å². The van der Waals surface area contributed by atoms with E-state index in [1.807, 2.05) is 0 Å². The van der Waals surface area contributed by atoms with Crippen LogP contribution in [-0.2, 0) is 4.79 Å². The molecule has 2 aromatic rings. The molecule has 0 aliphatic heterocycles. The summed E-state index contributed by atoms with van der Waals surface area (Å²) in [6.07, 6.45) is 0. The number of carbonyl (C=O) groups excluding carboxylic acids is 2. The standard InChI is InChI=1S/C13H11N3O4S/c17-12(8-14-13(18)11-5-2-6-21-11)15-9-3-1-4-10(7-9)16(19)20/h1-7H,8H2,(H,14,18)(H,15,17). The van der Waals surface area contributed by atoms with Gasteiger partial charge < -0.3 is 10.6 Å². The van der Waals surface area contributed by atoms with Crippen molar-refractivity contribution in [3.63, 3.8) is 0 Å². The largest absolute Gasteiger partial charge is 0.342 e. The Morgan fingerprint density at radius 2 is 2.05 bits per heavy atom. The number of nitro benzene ring substituents is 1. The molecule has 2 N–H and O–H groups in total. The van der Waals surface area contributed by atoms with E-state index in [0.717, 1.165) is 0 Å². The average Bonchev–Trinajstić information content (AvgIpc) is 2.99. The first-order valence-corrected chi connectivity index (χ1v) is 6.80. The van der Waals surface area contributed by atoms with Crippen LogP contribution in [0.2, 0.25) is 0 Å². The predicted octanol–water partition coefficient (Wildman–Crippen LogP) is 2.02. The summed E-state index contributed by atoms with van der Waals surface area (Å²) in [5, 5.41) is 17.3. The number of nitro groups is 1. The van der Waals surface area contributed by atoms with Crippen molar-refractivity contribution in [2.24, 2.45) is 0 Å². The van der Waals surface area contributed by atoms with Crippen molar-refractivity contribution in [2.45, 2.75) is 0 Å². The summed E-state index contributed by atoms with van der Waals surface area (Å²) in [7, 11) is 0. The Kier molecular flexibility index (Phi) is 4.62. The molecule has 0 spiro atoms. The summed E-state index contributed by atoms with van der Waals surface area (Å²) >= 11 is 1.27.